The Morgan fingerprint density at radius 2 is 1.90 bits per heavy atom. The largest absolute Gasteiger partial charge is 0.357 e. The maximum Gasteiger partial charge on any atom is 0.191 e. The SMILES string of the molecule is CCNC(=NCC1CC1)NCCN1CCS(=O)(=O)CC1.I. The van der Waals surface area contributed by atoms with Gasteiger partial charge in [-0.2, -0.15) is 0 Å². The molecule has 124 valence electrons. The third kappa shape index (κ3) is 7.64. The lowest BCUT2D eigenvalue weighted by atomic mass is 10.4. The molecule has 1 aliphatic heterocycles. The summed E-state index contributed by atoms with van der Waals surface area (Å²) in [5.74, 6) is 2.26. The zero-order valence-electron chi connectivity index (χ0n) is 12.7. The predicted octanol–water partition coefficient (Wildman–Crippen LogP) is 0.300. The van der Waals surface area contributed by atoms with Crippen molar-refractivity contribution < 1.29 is 8.42 Å². The molecule has 2 rings (SSSR count). The van der Waals surface area contributed by atoms with E-state index < -0.39 is 9.84 Å². The van der Waals surface area contributed by atoms with Crippen molar-refractivity contribution in [3.8, 4) is 0 Å². The molecule has 2 N–H and O–H groups in total. The van der Waals surface area contributed by atoms with Crippen molar-refractivity contribution in [3.63, 3.8) is 0 Å². The van der Waals surface area contributed by atoms with Crippen molar-refractivity contribution in [2.75, 3.05) is 50.8 Å². The lowest BCUT2D eigenvalue weighted by molar-refractivity contribution is 0.299. The second kappa shape index (κ2) is 9.14. The second-order valence-corrected chi connectivity index (χ2v) is 7.89. The first-order chi connectivity index (χ1) is 9.59. The number of hydrogen-bond acceptors (Lipinski definition) is 4. The number of nitrogens with one attached hydrogen (secondary N) is 2. The first kappa shape index (κ1) is 19.0. The number of rotatable bonds is 6. The molecule has 0 spiro atoms. The van der Waals surface area contributed by atoms with Gasteiger partial charge in [0.2, 0.25) is 0 Å². The average molecular weight is 430 g/mol. The van der Waals surface area contributed by atoms with Gasteiger partial charge in [-0.25, -0.2) is 8.42 Å². The van der Waals surface area contributed by atoms with E-state index in [1.54, 1.807) is 0 Å². The van der Waals surface area contributed by atoms with Crippen LogP contribution < -0.4 is 10.6 Å². The van der Waals surface area contributed by atoms with Gasteiger partial charge in [-0.1, -0.05) is 0 Å². The molecule has 0 unspecified atom stereocenters. The maximum atomic E-state index is 11.3. The van der Waals surface area contributed by atoms with Crippen molar-refractivity contribution in [2.45, 2.75) is 19.8 Å². The van der Waals surface area contributed by atoms with Crippen molar-refractivity contribution in [3.05, 3.63) is 0 Å². The van der Waals surface area contributed by atoms with Gasteiger partial charge in [0.25, 0.3) is 0 Å². The molecule has 8 heteroatoms. The van der Waals surface area contributed by atoms with Crippen molar-refractivity contribution in [2.24, 2.45) is 10.9 Å². The number of halogens is 1. The third-order valence-corrected chi connectivity index (χ3v) is 5.32. The number of nitrogens with zero attached hydrogens (tertiary/aromatic N) is 2. The summed E-state index contributed by atoms with van der Waals surface area (Å²) in [5, 5.41) is 6.56. The number of guanidine groups is 1. The van der Waals surface area contributed by atoms with E-state index in [4.69, 9.17) is 0 Å². The fourth-order valence-electron chi connectivity index (χ4n) is 2.17. The van der Waals surface area contributed by atoms with Gasteiger partial charge >= 0.3 is 0 Å². The van der Waals surface area contributed by atoms with Crippen LogP contribution in [0, 0.1) is 5.92 Å². The smallest absolute Gasteiger partial charge is 0.191 e. The van der Waals surface area contributed by atoms with E-state index in [0.29, 0.717) is 24.6 Å². The van der Waals surface area contributed by atoms with Crippen molar-refractivity contribution in [1.29, 1.82) is 0 Å². The summed E-state index contributed by atoms with van der Waals surface area (Å²) >= 11 is 0. The Kier molecular flexibility index (Phi) is 8.25. The van der Waals surface area contributed by atoms with Crippen LogP contribution >= 0.6 is 24.0 Å². The van der Waals surface area contributed by atoms with E-state index in [-0.39, 0.29) is 24.0 Å². The number of sulfone groups is 1. The highest BCUT2D eigenvalue weighted by atomic mass is 127. The second-order valence-electron chi connectivity index (χ2n) is 5.58. The molecule has 2 fully saturated rings. The quantitative estimate of drug-likeness (QED) is 0.360. The Hall–Kier alpha value is -0.0900. The molecule has 0 amide bonds. The Labute approximate surface area is 145 Å². The molecule has 2 aliphatic rings. The van der Waals surface area contributed by atoms with E-state index in [0.717, 1.165) is 38.1 Å². The molecule has 0 bridgehead atoms. The van der Waals surface area contributed by atoms with Crippen LogP contribution in [0.3, 0.4) is 0 Å². The summed E-state index contributed by atoms with van der Waals surface area (Å²) in [7, 11) is -2.78. The zero-order chi connectivity index (χ0) is 14.4. The fraction of sp³-hybridized carbons (Fsp3) is 0.923. The topological polar surface area (TPSA) is 73.8 Å². The van der Waals surface area contributed by atoms with Gasteiger partial charge in [-0.05, 0) is 25.7 Å². The summed E-state index contributed by atoms with van der Waals surface area (Å²) in [6, 6.07) is 0. The van der Waals surface area contributed by atoms with Gasteiger partial charge in [0, 0.05) is 39.3 Å². The normalized spacial score (nSPS) is 22.4. The van der Waals surface area contributed by atoms with Crippen LogP contribution in [0.5, 0.6) is 0 Å². The van der Waals surface area contributed by atoms with Crippen LogP contribution in [0.2, 0.25) is 0 Å². The van der Waals surface area contributed by atoms with Gasteiger partial charge < -0.3 is 10.6 Å². The molecule has 6 nitrogen and oxygen atoms in total. The molecule has 1 saturated carbocycles. The summed E-state index contributed by atoms with van der Waals surface area (Å²) in [5.41, 5.74) is 0. The molecule has 1 aliphatic carbocycles. The third-order valence-electron chi connectivity index (χ3n) is 3.71. The molecule has 0 radical (unpaired) electrons. The predicted molar refractivity (Wildman–Crippen MR) is 97.2 cm³/mol. The Balaban J connectivity index is 0.00000220. The van der Waals surface area contributed by atoms with E-state index in [9.17, 15) is 8.42 Å². The highest BCUT2D eigenvalue weighted by molar-refractivity contribution is 14.0. The Bertz CT molecular complexity index is 423. The van der Waals surface area contributed by atoms with Crippen LogP contribution in [0.25, 0.3) is 0 Å². The Morgan fingerprint density at radius 1 is 1.24 bits per heavy atom. The first-order valence-electron chi connectivity index (χ1n) is 7.54. The van der Waals surface area contributed by atoms with Gasteiger partial charge in [-0.3, -0.25) is 9.89 Å². The summed E-state index contributed by atoms with van der Waals surface area (Å²) in [4.78, 5) is 6.75. The van der Waals surface area contributed by atoms with Gasteiger partial charge in [-0.15, -0.1) is 24.0 Å². The molecule has 0 aromatic carbocycles. The van der Waals surface area contributed by atoms with E-state index >= 15 is 0 Å². The lowest BCUT2D eigenvalue weighted by Crippen LogP contribution is -2.46. The van der Waals surface area contributed by atoms with Gasteiger partial charge in [0.15, 0.2) is 15.8 Å². The number of aliphatic imine (C=N–C) groups is 1. The molecule has 0 atom stereocenters. The Morgan fingerprint density at radius 3 is 2.48 bits per heavy atom. The fourth-order valence-corrected chi connectivity index (χ4v) is 3.45. The maximum absolute atomic E-state index is 11.3. The summed E-state index contributed by atoms with van der Waals surface area (Å²) in [6.45, 7) is 6.80. The minimum atomic E-state index is -2.78. The van der Waals surface area contributed by atoms with E-state index in [1.807, 2.05) is 0 Å². The highest BCUT2D eigenvalue weighted by Crippen LogP contribution is 2.28. The highest BCUT2D eigenvalue weighted by Gasteiger charge is 2.21. The number of hydrogen-bond donors (Lipinski definition) is 2. The van der Waals surface area contributed by atoms with Crippen molar-refractivity contribution in [1.82, 2.24) is 15.5 Å². The molecule has 0 aromatic rings. The first-order valence-corrected chi connectivity index (χ1v) is 9.36. The summed E-state index contributed by atoms with van der Waals surface area (Å²) < 4.78 is 22.7. The van der Waals surface area contributed by atoms with E-state index in [2.05, 4.69) is 27.4 Å². The zero-order valence-corrected chi connectivity index (χ0v) is 15.8. The van der Waals surface area contributed by atoms with Crippen LogP contribution in [0.1, 0.15) is 19.8 Å². The molecule has 1 saturated heterocycles. The van der Waals surface area contributed by atoms with Crippen molar-refractivity contribution >= 4 is 39.8 Å². The minimum Gasteiger partial charge on any atom is -0.357 e. The molecule has 0 aromatic heterocycles. The van der Waals surface area contributed by atoms with Crippen LogP contribution in [0.4, 0.5) is 0 Å². The van der Waals surface area contributed by atoms with Gasteiger partial charge in [0.1, 0.15) is 0 Å². The standard InChI is InChI=1S/C13H26N4O2S.HI/c1-2-14-13(16-11-12-3-4-12)15-5-6-17-7-9-20(18,19)10-8-17;/h12H,2-11H2,1H3,(H2,14,15,16);1H. The molecule has 21 heavy (non-hydrogen) atoms. The summed E-state index contributed by atoms with van der Waals surface area (Å²) in [6.07, 6.45) is 2.62. The molecular weight excluding hydrogens is 403 g/mol. The van der Waals surface area contributed by atoms with Gasteiger partial charge in [0.05, 0.1) is 11.5 Å². The van der Waals surface area contributed by atoms with Crippen LogP contribution in [-0.2, 0) is 9.84 Å². The van der Waals surface area contributed by atoms with E-state index in [1.165, 1.54) is 12.8 Å². The lowest BCUT2D eigenvalue weighted by Gasteiger charge is -2.26. The molecule has 1 heterocycles. The van der Waals surface area contributed by atoms with Crippen LogP contribution in [-0.4, -0.2) is 70.1 Å². The average Bonchev–Trinajstić information content (AvgIpc) is 3.22. The molecular formula is C13H27IN4O2S. The monoisotopic (exact) mass is 430 g/mol. The minimum absolute atomic E-state index is 0. The van der Waals surface area contributed by atoms with Crippen LogP contribution in [0.15, 0.2) is 4.99 Å².